The molecule has 5 aromatic rings. The van der Waals surface area contributed by atoms with Crippen LogP contribution in [0.3, 0.4) is 0 Å². The SMILES string of the molecule is O=C(O)Cn1cc(C=Nn2c(-c3cccc(C(F)(F)F)c3)nc3ccccc3c2=O)c2ccccc21. The minimum absolute atomic E-state index is 0.0599. The number of carboxylic acids is 1. The molecule has 10 heteroatoms. The van der Waals surface area contributed by atoms with Crippen LogP contribution in [0.5, 0.6) is 0 Å². The zero-order chi connectivity index (χ0) is 25.4. The summed E-state index contributed by atoms with van der Waals surface area (Å²) in [6, 6.07) is 18.1. The van der Waals surface area contributed by atoms with Crippen molar-refractivity contribution in [2.75, 3.05) is 0 Å². The van der Waals surface area contributed by atoms with Crippen LogP contribution in [0.15, 0.2) is 88.9 Å². The summed E-state index contributed by atoms with van der Waals surface area (Å²) >= 11 is 0. The molecule has 5 rings (SSSR count). The number of hydrogen-bond acceptors (Lipinski definition) is 4. The van der Waals surface area contributed by atoms with Gasteiger partial charge in [-0.25, -0.2) is 4.98 Å². The molecule has 0 bridgehead atoms. The lowest BCUT2D eigenvalue weighted by Crippen LogP contribution is -2.20. The van der Waals surface area contributed by atoms with Crippen molar-refractivity contribution < 1.29 is 23.1 Å². The van der Waals surface area contributed by atoms with Crippen LogP contribution in [-0.4, -0.2) is 31.5 Å². The Bertz CT molecular complexity index is 1720. The summed E-state index contributed by atoms with van der Waals surface area (Å²) in [6.07, 6.45) is -1.62. The number of para-hydroxylation sites is 2. The van der Waals surface area contributed by atoms with Gasteiger partial charge in [0, 0.05) is 28.2 Å². The molecule has 2 aromatic heterocycles. The third-order valence-electron chi connectivity index (χ3n) is 5.64. The van der Waals surface area contributed by atoms with E-state index in [1.165, 1.54) is 22.9 Å². The Morgan fingerprint density at radius 1 is 1.00 bits per heavy atom. The highest BCUT2D eigenvalue weighted by molar-refractivity contribution is 5.99. The highest BCUT2D eigenvalue weighted by Gasteiger charge is 2.31. The van der Waals surface area contributed by atoms with Crippen LogP contribution < -0.4 is 5.56 Å². The summed E-state index contributed by atoms with van der Waals surface area (Å²) in [6.45, 7) is -0.276. The zero-order valence-corrected chi connectivity index (χ0v) is 18.5. The molecule has 3 aromatic carbocycles. The van der Waals surface area contributed by atoms with Gasteiger partial charge in [0.15, 0.2) is 5.82 Å². The smallest absolute Gasteiger partial charge is 0.416 e. The number of nitrogens with zero attached hydrogens (tertiary/aromatic N) is 4. The molecule has 0 radical (unpaired) electrons. The number of rotatable bonds is 5. The Hall–Kier alpha value is -4.73. The molecular weight excluding hydrogens is 473 g/mol. The van der Waals surface area contributed by atoms with E-state index in [1.807, 2.05) is 0 Å². The average molecular weight is 490 g/mol. The molecule has 0 amide bonds. The summed E-state index contributed by atoms with van der Waals surface area (Å²) < 4.78 is 42.6. The van der Waals surface area contributed by atoms with Crippen LogP contribution in [0, 0.1) is 0 Å². The minimum atomic E-state index is -4.58. The summed E-state index contributed by atoms with van der Waals surface area (Å²) in [5.74, 6) is -1.09. The molecule has 36 heavy (non-hydrogen) atoms. The first kappa shape index (κ1) is 23.0. The van der Waals surface area contributed by atoms with Gasteiger partial charge in [0.05, 0.1) is 22.7 Å². The second-order valence-corrected chi connectivity index (χ2v) is 8.02. The van der Waals surface area contributed by atoms with Gasteiger partial charge in [0.1, 0.15) is 6.54 Å². The largest absolute Gasteiger partial charge is 0.480 e. The van der Waals surface area contributed by atoms with E-state index in [2.05, 4.69) is 10.1 Å². The van der Waals surface area contributed by atoms with Gasteiger partial charge in [-0.2, -0.15) is 22.9 Å². The molecular formula is C26H17F3N4O3. The molecule has 180 valence electrons. The maximum Gasteiger partial charge on any atom is 0.416 e. The van der Waals surface area contributed by atoms with Crippen molar-refractivity contribution >= 4 is 34.0 Å². The fraction of sp³-hybridized carbons (Fsp3) is 0.0769. The topological polar surface area (TPSA) is 89.5 Å². The fourth-order valence-electron chi connectivity index (χ4n) is 4.03. The molecule has 0 saturated heterocycles. The van der Waals surface area contributed by atoms with Crippen LogP contribution in [0.4, 0.5) is 13.2 Å². The number of benzene rings is 3. The van der Waals surface area contributed by atoms with Crippen molar-refractivity contribution in [2.45, 2.75) is 12.7 Å². The van der Waals surface area contributed by atoms with E-state index in [1.54, 1.807) is 54.7 Å². The van der Waals surface area contributed by atoms with E-state index >= 15 is 0 Å². The number of halogens is 3. The third-order valence-corrected chi connectivity index (χ3v) is 5.64. The monoisotopic (exact) mass is 490 g/mol. The summed E-state index contributed by atoms with van der Waals surface area (Å²) in [7, 11) is 0. The van der Waals surface area contributed by atoms with Crippen molar-refractivity contribution in [1.29, 1.82) is 0 Å². The average Bonchev–Trinajstić information content (AvgIpc) is 3.20. The molecule has 0 atom stereocenters. The molecule has 1 N–H and O–H groups in total. The highest BCUT2D eigenvalue weighted by atomic mass is 19.4. The second-order valence-electron chi connectivity index (χ2n) is 8.02. The number of fused-ring (bicyclic) bond motifs is 2. The van der Waals surface area contributed by atoms with Gasteiger partial charge in [-0.3, -0.25) is 9.59 Å². The van der Waals surface area contributed by atoms with E-state index in [4.69, 9.17) is 0 Å². The van der Waals surface area contributed by atoms with E-state index in [0.29, 0.717) is 22.0 Å². The number of aromatic nitrogens is 3. The Labute approximate surface area is 201 Å². The molecule has 0 fully saturated rings. The Balaban J connectivity index is 1.71. The van der Waals surface area contributed by atoms with Crippen LogP contribution in [-0.2, 0) is 17.5 Å². The van der Waals surface area contributed by atoms with Crippen molar-refractivity contribution in [1.82, 2.24) is 14.2 Å². The quantitative estimate of drug-likeness (QED) is 0.351. The summed E-state index contributed by atoms with van der Waals surface area (Å²) in [5, 5.41) is 14.5. The third kappa shape index (κ3) is 4.24. The van der Waals surface area contributed by atoms with E-state index < -0.39 is 23.3 Å². The van der Waals surface area contributed by atoms with E-state index in [-0.39, 0.29) is 23.3 Å². The normalized spacial score (nSPS) is 12.1. The predicted octanol–water partition coefficient (Wildman–Crippen LogP) is 5.00. The number of hydrogen-bond donors (Lipinski definition) is 1. The number of aliphatic carboxylic acids is 1. The number of alkyl halides is 3. The molecule has 0 unspecified atom stereocenters. The van der Waals surface area contributed by atoms with E-state index in [9.17, 15) is 27.9 Å². The van der Waals surface area contributed by atoms with Crippen LogP contribution >= 0.6 is 0 Å². The van der Waals surface area contributed by atoms with Gasteiger partial charge >= 0.3 is 12.1 Å². The fourth-order valence-corrected chi connectivity index (χ4v) is 4.03. The van der Waals surface area contributed by atoms with Gasteiger partial charge in [-0.1, -0.05) is 42.5 Å². The van der Waals surface area contributed by atoms with E-state index in [0.717, 1.165) is 16.8 Å². The maximum atomic E-state index is 13.4. The van der Waals surface area contributed by atoms with Crippen LogP contribution in [0.25, 0.3) is 33.2 Å². The molecule has 0 saturated carbocycles. The van der Waals surface area contributed by atoms with Crippen LogP contribution in [0.2, 0.25) is 0 Å². The zero-order valence-electron chi connectivity index (χ0n) is 18.5. The van der Waals surface area contributed by atoms with Gasteiger partial charge in [0.25, 0.3) is 5.56 Å². The van der Waals surface area contributed by atoms with Gasteiger partial charge in [-0.15, -0.1) is 0 Å². The van der Waals surface area contributed by atoms with Gasteiger partial charge in [-0.05, 0) is 30.3 Å². The van der Waals surface area contributed by atoms with Crippen molar-refractivity contribution in [3.8, 4) is 11.4 Å². The molecule has 0 aliphatic carbocycles. The Morgan fingerprint density at radius 3 is 2.47 bits per heavy atom. The first-order chi connectivity index (χ1) is 17.2. The van der Waals surface area contributed by atoms with Crippen molar-refractivity contribution in [3.63, 3.8) is 0 Å². The Kier molecular flexibility index (Phi) is 5.63. The summed E-state index contributed by atoms with van der Waals surface area (Å²) in [4.78, 5) is 29.1. The molecule has 2 heterocycles. The second kappa shape index (κ2) is 8.81. The summed E-state index contributed by atoms with van der Waals surface area (Å²) in [5.41, 5.74) is 0.135. The first-order valence-electron chi connectivity index (χ1n) is 10.8. The van der Waals surface area contributed by atoms with Crippen LogP contribution in [0.1, 0.15) is 11.1 Å². The highest BCUT2D eigenvalue weighted by Crippen LogP contribution is 2.32. The molecule has 0 aliphatic rings. The first-order valence-corrected chi connectivity index (χ1v) is 10.8. The lowest BCUT2D eigenvalue weighted by Gasteiger charge is -2.12. The maximum absolute atomic E-state index is 13.4. The lowest BCUT2D eigenvalue weighted by molar-refractivity contribution is -0.138. The molecule has 0 spiro atoms. The number of carboxylic acid groups (broad SMARTS) is 1. The predicted molar refractivity (Wildman–Crippen MR) is 129 cm³/mol. The molecule has 0 aliphatic heterocycles. The molecule has 7 nitrogen and oxygen atoms in total. The standard InChI is InChI=1S/C26H17F3N4O3/c27-26(28,29)18-7-5-6-16(12-18)24-31-21-10-3-1-9-20(21)25(36)33(24)30-13-17-14-32(15-23(34)35)22-11-4-2-8-19(17)22/h1-14H,15H2,(H,34,35). The minimum Gasteiger partial charge on any atom is -0.480 e. The Morgan fingerprint density at radius 2 is 1.72 bits per heavy atom. The van der Waals surface area contributed by atoms with Gasteiger partial charge in [0.2, 0.25) is 0 Å². The van der Waals surface area contributed by atoms with Crippen molar-refractivity contribution in [3.05, 3.63) is 100 Å². The number of carbonyl (C=O) groups is 1. The van der Waals surface area contributed by atoms with Gasteiger partial charge < -0.3 is 9.67 Å². The lowest BCUT2D eigenvalue weighted by atomic mass is 10.1. The van der Waals surface area contributed by atoms with Crippen molar-refractivity contribution in [2.24, 2.45) is 5.10 Å².